The van der Waals surface area contributed by atoms with E-state index in [4.69, 9.17) is 9.84 Å². The molecule has 0 aliphatic heterocycles. The molecule has 0 radical (unpaired) electrons. The van der Waals surface area contributed by atoms with Crippen LogP contribution >= 0.6 is 0 Å². The molecule has 0 aromatic heterocycles. The molecule has 5 heteroatoms. The number of hydrogen-bond acceptors (Lipinski definition) is 2. The maximum atomic E-state index is 12.6. The fourth-order valence-corrected chi connectivity index (χ4v) is 1.20. The van der Waals surface area contributed by atoms with Crippen molar-refractivity contribution in [2.45, 2.75) is 26.4 Å². The van der Waals surface area contributed by atoms with Crippen molar-refractivity contribution in [1.82, 2.24) is 0 Å². The minimum absolute atomic E-state index is 0.0694. The fraction of sp³-hybridized carbons (Fsp3) is 0.364. The van der Waals surface area contributed by atoms with Crippen molar-refractivity contribution in [2.75, 3.05) is 0 Å². The van der Waals surface area contributed by atoms with Gasteiger partial charge in [-0.3, -0.25) is 0 Å². The highest BCUT2D eigenvalue weighted by Crippen LogP contribution is 2.30. The third kappa shape index (κ3) is 2.92. The number of rotatable bonds is 4. The molecule has 0 unspecified atom stereocenters. The molecule has 0 aliphatic rings. The molecule has 0 spiro atoms. The zero-order chi connectivity index (χ0) is 12.3. The summed E-state index contributed by atoms with van der Waals surface area (Å²) in [6.07, 6.45) is -2.97. The molecule has 0 fully saturated rings. The second-order valence-electron chi connectivity index (χ2n) is 3.53. The third-order valence-electron chi connectivity index (χ3n) is 1.86. The van der Waals surface area contributed by atoms with Crippen molar-refractivity contribution in [2.24, 2.45) is 0 Å². The lowest BCUT2D eigenvalue weighted by Gasteiger charge is -2.14. The fourth-order valence-electron chi connectivity index (χ4n) is 1.20. The number of carbonyl (C=O) groups is 1. The van der Waals surface area contributed by atoms with Gasteiger partial charge in [0, 0.05) is 0 Å². The lowest BCUT2D eigenvalue weighted by molar-refractivity contribution is 0.0695. The van der Waals surface area contributed by atoms with Crippen LogP contribution < -0.4 is 4.74 Å². The molecule has 1 aromatic rings. The molecule has 3 nitrogen and oxygen atoms in total. The normalized spacial score (nSPS) is 10.9. The first-order chi connectivity index (χ1) is 7.41. The van der Waals surface area contributed by atoms with E-state index in [0.717, 1.165) is 18.2 Å². The van der Waals surface area contributed by atoms with Gasteiger partial charge in [-0.05, 0) is 32.0 Å². The highest BCUT2D eigenvalue weighted by Gasteiger charge is 2.17. The summed E-state index contributed by atoms with van der Waals surface area (Å²) < 4.78 is 30.3. The van der Waals surface area contributed by atoms with Crippen molar-refractivity contribution in [3.05, 3.63) is 29.3 Å². The molecule has 1 rings (SSSR count). The Morgan fingerprint density at radius 1 is 1.38 bits per heavy atom. The smallest absolute Gasteiger partial charge is 0.335 e. The molecule has 0 saturated carbocycles. The van der Waals surface area contributed by atoms with Gasteiger partial charge in [0.05, 0.1) is 17.2 Å². The number of alkyl halides is 2. The third-order valence-corrected chi connectivity index (χ3v) is 1.86. The van der Waals surface area contributed by atoms with Crippen LogP contribution in [-0.4, -0.2) is 17.2 Å². The number of carboxylic acids is 1. The van der Waals surface area contributed by atoms with Crippen LogP contribution in [0.5, 0.6) is 5.75 Å². The molecule has 0 atom stereocenters. The first kappa shape index (κ1) is 12.4. The van der Waals surface area contributed by atoms with Crippen LogP contribution in [0.4, 0.5) is 8.78 Å². The summed E-state index contributed by atoms with van der Waals surface area (Å²) >= 11 is 0. The van der Waals surface area contributed by atoms with Crippen molar-refractivity contribution >= 4 is 5.97 Å². The lowest BCUT2D eigenvalue weighted by atomic mass is 10.1. The van der Waals surface area contributed by atoms with Gasteiger partial charge in [-0.2, -0.15) is 0 Å². The van der Waals surface area contributed by atoms with Crippen LogP contribution in [0.3, 0.4) is 0 Å². The largest absolute Gasteiger partial charge is 0.490 e. The molecule has 1 aromatic carbocycles. The van der Waals surface area contributed by atoms with Gasteiger partial charge in [-0.1, -0.05) is 0 Å². The Hall–Kier alpha value is -1.65. The number of aromatic carboxylic acids is 1. The monoisotopic (exact) mass is 230 g/mol. The summed E-state index contributed by atoms with van der Waals surface area (Å²) in [5.41, 5.74) is -0.362. The van der Waals surface area contributed by atoms with Crippen LogP contribution in [-0.2, 0) is 0 Å². The van der Waals surface area contributed by atoms with E-state index in [-0.39, 0.29) is 23.0 Å². The Labute approximate surface area is 91.7 Å². The zero-order valence-electron chi connectivity index (χ0n) is 8.91. The summed E-state index contributed by atoms with van der Waals surface area (Å²) in [5.74, 6) is -1.25. The highest BCUT2D eigenvalue weighted by molar-refractivity contribution is 5.88. The van der Waals surface area contributed by atoms with Crippen LogP contribution in [0.2, 0.25) is 0 Å². The molecule has 0 aliphatic carbocycles. The van der Waals surface area contributed by atoms with E-state index in [1.54, 1.807) is 13.8 Å². The molecule has 16 heavy (non-hydrogen) atoms. The van der Waals surface area contributed by atoms with Gasteiger partial charge in [0.1, 0.15) is 5.75 Å². The predicted octanol–water partition coefficient (Wildman–Crippen LogP) is 3.11. The van der Waals surface area contributed by atoms with Crippen LogP contribution in [0.1, 0.15) is 36.2 Å². The molecule has 0 heterocycles. The van der Waals surface area contributed by atoms with Crippen molar-refractivity contribution in [1.29, 1.82) is 0 Å². The van der Waals surface area contributed by atoms with E-state index in [9.17, 15) is 13.6 Å². The summed E-state index contributed by atoms with van der Waals surface area (Å²) in [6, 6.07) is 3.33. The predicted molar refractivity (Wildman–Crippen MR) is 54.1 cm³/mol. The average molecular weight is 230 g/mol. The van der Waals surface area contributed by atoms with E-state index < -0.39 is 12.4 Å². The Bertz CT molecular complexity index is 389. The lowest BCUT2D eigenvalue weighted by Crippen LogP contribution is -2.09. The maximum Gasteiger partial charge on any atom is 0.335 e. The molecule has 0 amide bonds. The number of carboxylic acid groups (broad SMARTS) is 1. The molecule has 0 bridgehead atoms. The second kappa shape index (κ2) is 4.92. The Morgan fingerprint density at radius 2 is 2.00 bits per heavy atom. The van der Waals surface area contributed by atoms with Crippen LogP contribution in [0, 0.1) is 0 Å². The summed E-state index contributed by atoms with van der Waals surface area (Å²) in [5, 5.41) is 8.73. The van der Waals surface area contributed by atoms with Gasteiger partial charge >= 0.3 is 5.97 Å². The van der Waals surface area contributed by atoms with Gasteiger partial charge in [0.25, 0.3) is 6.43 Å². The SMILES string of the molecule is CC(C)Oc1cc(C(=O)O)ccc1C(F)F. The quantitative estimate of drug-likeness (QED) is 0.864. The average Bonchev–Trinajstić information content (AvgIpc) is 2.15. The van der Waals surface area contributed by atoms with E-state index in [0.29, 0.717) is 0 Å². The summed E-state index contributed by atoms with van der Waals surface area (Å²) in [6.45, 7) is 3.37. The number of hydrogen-bond donors (Lipinski definition) is 1. The van der Waals surface area contributed by atoms with Crippen LogP contribution in [0.15, 0.2) is 18.2 Å². The molecule has 88 valence electrons. The van der Waals surface area contributed by atoms with E-state index in [2.05, 4.69) is 0 Å². The first-order valence-corrected chi connectivity index (χ1v) is 4.74. The highest BCUT2D eigenvalue weighted by atomic mass is 19.3. The second-order valence-corrected chi connectivity index (χ2v) is 3.53. The van der Waals surface area contributed by atoms with Gasteiger partial charge in [-0.15, -0.1) is 0 Å². The van der Waals surface area contributed by atoms with E-state index in [1.807, 2.05) is 0 Å². The zero-order valence-corrected chi connectivity index (χ0v) is 8.91. The maximum absolute atomic E-state index is 12.6. The molecular formula is C11H12F2O3. The van der Waals surface area contributed by atoms with Crippen LogP contribution in [0.25, 0.3) is 0 Å². The topological polar surface area (TPSA) is 46.5 Å². The first-order valence-electron chi connectivity index (χ1n) is 4.74. The van der Waals surface area contributed by atoms with Gasteiger partial charge in [-0.25, -0.2) is 13.6 Å². The Kier molecular flexibility index (Phi) is 3.82. The number of ether oxygens (including phenoxy) is 1. The van der Waals surface area contributed by atoms with Gasteiger partial charge in [0.2, 0.25) is 0 Å². The Morgan fingerprint density at radius 3 is 2.44 bits per heavy atom. The number of benzene rings is 1. The van der Waals surface area contributed by atoms with E-state index in [1.165, 1.54) is 0 Å². The molecule has 1 N–H and O–H groups in total. The van der Waals surface area contributed by atoms with Gasteiger partial charge < -0.3 is 9.84 Å². The van der Waals surface area contributed by atoms with Crippen molar-refractivity contribution in [3.8, 4) is 5.75 Å². The van der Waals surface area contributed by atoms with Gasteiger partial charge in [0.15, 0.2) is 0 Å². The molecule has 0 saturated heterocycles. The summed E-state index contributed by atoms with van der Waals surface area (Å²) in [4.78, 5) is 10.7. The minimum Gasteiger partial charge on any atom is -0.490 e. The van der Waals surface area contributed by atoms with Crippen molar-refractivity contribution < 1.29 is 23.4 Å². The Balaban J connectivity index is 3.15. The van der Waals surface area contributed by atoms with Crippen molar-refractivity contribution in [3.63, 3.8) is 0 Å². The standard InChI is InChI=1S/C11H12F2O3/c1-6(2)16-9-5-7(11(14)15)3-4-8(9)10(12)13/h3-6,10H,1-2H3,(H,14,15). The molecular weight excluding hydrogens is 218 g/mol. The summed E-state index contributed by atoms with van der Waals surface area (Å²) in [7, 11) is 0. The number of halogens is 2. The van der Waals surface area contributed by atoms with E-state index >= 15 is 0 Å². The minimum atomic E-state index is -2.68.